The van der Waals surface area contributed by atoms with Crippen molar-refractivity contribution in [2.45, 2.75) is 24.4 Å². The highest BCUT2D eigenvalue weighted by Gasteiger charge is 2.26. The lowest BCUT2D eigenvalue weighted by Crippen LogP contribution is -2.26. The van der Waals surface area contributed by atoms with Gasteiger partial charge in [0.15, 0.2) is 6.17 Å². The third-order valence-electron chi connectivity index (χ3n) is 8.08. The first-order chi connectivity index (χ1) is 26.7. The van der Waals surface area contributed by atoms with E-state index in [0.717, 1.165) is 28.2 Å². The number of hydrogen-bond acceptors (Lipinski definition) is 6. The van der Waals surface area contributed by atoms with Gasteiger partial charge in [-0.2, -0.15) is 0 Å². The van der Waals surface area contributed by atoms with Gasteiger partial charge in [0.1, 0.15) is 26.5 Å². The number of carboxylic acid groups (broad SMARTS) is 2. The SMILES string of the molecule is O=C(O)c1c(-c2ccc(Cl)cc2)csc1NC(=O)C(Cl)Cc1ccccc1Cl.O=C(O)c1c(-c2ccc(Cl)cc2)csc1NC(=O)[C@@H](F)Cc1ccccc1Cl. The Kier molecular flexibility index (Phi) is 14.9. The summed E-state index contributed by atoms with van der Waals surface area (Å²) in [4.78, 5) is 48.3. The molecule has 0 bridgehead atoms. The molecule has 56 heavy (non-hydrogen) atoms. The third-order valence-corrected chi connectivity index (χ3v) is 11.5. The molecule has 0 fully saturated rings. The second-order valence-electron chi connectivity index (χ2n) is 11.8. The van der Waals surface area contributed by atoms with Gasteiger partial charge in [-0.15, -0.1) is 34.3 Å². The van der Waals surface area contributed by atoms with Crippen LogP contribution in [0.1, 0.15) is 31.8 Å². The van der Waals surface area contributed by atoms with Crippen molar-refractivity contribution < 1.29 is 33.8 Å². The Morgan fingerprint density at radius 1 is 0.589 bits per heavy atom. The maximum atomic E-state index is 14.4. The van der Waals surface area contributed by atoms with Gasteiger partial charge in [0.2, 0.25) is 5.91 Å². The van der Waals surface area contributed by atoms with Crippen LogP contribution in [0.4, 0.5) is 14.4 Å². The van der Waals surface area contributed by atoms with Crippen LogP contribution in [-0.2, 0) is 22.4 Å². The fraction of sp³-hybridized carbons (Fsp3) is 0.100. The number of carboxylic acids is 2. The second kappa shape index (κ2) is 19.6. The molecule has 4 N–H and O–H groups in total. The lowest BCUT2D eigenvalue weighted by atomic mass is 10.0. The number of alkyl halides is 2. The maximum Gasteiger partial charge on any atom is 0.339 e. The maximum absolute atomic E-state index is 14.4. The topological polar surface area (TPSA) is 133 Å². The minimum atomic E-state index is -1.87. The van der Waals surface area contributed by atoms with Gasteiger partial charge in [-0.3, -0.25) is 9.59 Å². The van der Waals surface area contributed by atoms with E-state index < -0.39 is 35.3 Å². The van der Waals surface area contributed by atoms with Crippen LogP contribution in [0.3, 0.4) is 0 Å². The molecule has 288 valence electrons. The molecule has 2 amide bonds. The Hall–Kier alpha value is -4.46. The zero-order chi connectivity index (χ0) is 40.5. The molecule has 0 spiro atoms. The molecule has 0 saturated heterocycles. The quantitative estimate of drug-likeness (QED) is 0.0905. The highest BCUT2D eigenvalue weighted by Crippen LogP contribution is 2.38. The van der Waals surface area contributed by atoms with Crippen molar-refractivity contribution in [2.24, 2.45) is 0 Å². The van der Waals surface area contributed by atoms with Crippen molar-refractivity contribution in [3.8, 4) is 22.3 Å². The Bertz CT molecular complexity index is 2200. The molecular formula is C40H28Cl5FN2O6S2. The number of aromatic carboxylic acids is 2. The zero-order valence-corrected chi connectivity index (χ0v) is 34.0. The highest BCUT2D eigenvalue weighted by molar-refractivity contribution is 7.15. The molecule has 0 aliphatic rings. The molecule has 8 nitrogen and oxygen atoms in total. The first-order valence-corrected chi connectivity index (χ1v) is 20.0. The number of benzene rings is 4. The number of anilines is 2. The molecule has 2 aromatic heterocycles. The Morgan fingerprint density at radius 3 is 1.39 bits per heavy atom. The predicted molar refractivity (Wildman–Crippen MR) is 226 cm³/mol. The van der Waals surface area contributed by atoms with Crippen molar-refractivity contribution in [1.29, 1.82) is 0 Å². The van der Waals surface area contributed by atoms with Gasteiger partial charge in [-0.1, -0.05) is 107 Å². The zero-order valence-electron chi connectivity index (χ0n) is 28.6. The fourth-order valence-corrected chi connectivity index (χ4v) is 8.12. The molecule has 0 radical (unpaired) electrons. The van der Waals surface area contributed by atoms with Gasteiger partial charge >= 0.3 is 11.9 Å². The molecule has 4 aromatic carbocycles. The van der Waals surface area contributed by atoms with Crippen LogP contribution < -0.4 is 10.6 Å². The average molecular weight is 893 g/mol. The first-order valence-electron chi connectivity index (χ1n) is 16.3. The standard InChI is InChI=1S/C20H14Cl3NO3S.C20H14Cl2FNO3S/c2*21-13-7-5-11(6-8-13)14-10-28-19(17(14)20(26)27)24-18(25)16(23)9-12-3-1-2-4-15(12)22/h2*1-8,10,16H,9H2,(H,24,25)(H,26,27)/t;16-/m.0/s1. The van der Waals surface area contributed by atoms with Crippen molar-refractivity contribution in [2.75, 3.05) is 10.6 Å². The number of amides is 2. The summed E-state index contributed by atoms with van der Waals surface area (Å²) in [5.41, 5.74) is 3.41. The van der Waals surface area contributed by atoms with Crippen molar-refractivity contribution in [3.05, 3.63) is 150 Å². The van der Waals surface area contributed by atoms with E-state index in [1.807, 2.05) is 6.07 Å². The molecule has 2 heterocycles. The van der Waals surface area contributed by atoms with E-state index in [-0.39, 0.29) is 34.0 Å². The molecule has 2 atom stereocenters. The number of halogens is 6. The van der Waals surface area contributed by atoms with Gasteiger partial charge in [0.25, 0.3) is 5.91 Å². The van der Waals surface area contributed by atoms with E-state index in [9.17, 15) is 33.8 Å². The van der Waals surface area contributed by atoms with E-state index in [2.05, 4.69) is 10.6 Å². The Labute approximate surface area is 353 Å². The third kappa shape index (κ3) is 10.9. The molecule has 0 saturated carbocycles. The summed E-state index contributed by atoms with van der Waals surface area (Å²) in [6, 6.07) is 27.2. The number of rotatable bonds is 12. The minimum absolute atomic E-state index is 0.0160. The monoisotopic (exact) mass is 890 g/mol. The highest BCUT2D eigenvalue weighted by atomic mass is 35.5. The summed E-state index contributed by atoms with van der Waals surface area (Å²) in [6.45, 7) is 0. The fourth-order valence-electron chi connectivity index (χ4n) is 5.29. The molecular weight excluding hydrogens is 865 g/mol. The van der Waals surface area contributed by atoms with E-state index in [4.69, 9.17) is 58.0 Å². The van der Waals surface area contributed by atoms with Crippen LogP contribution in [0.25, 0.3) is 22.3 Å². The summed E-state index contributed by atoms with van der Waals surface area (Å²) in [6.07, 6.45) is -1.85. The molecule has 0 aliphatic carbocycles. The van der Waals surface area contributed by atoms with Crippen molar-refractivity contribution in [1.82, 2.24) is 0 Å². The van der Waals surface area contributed by atoms with Crippen LogP contribution in [0.15, 0.2) is 108 Å². The normalized spacial score (nSPS) is 11.8. The van der Waals surface area contributed by atoms with E-state index in [0.29, 0.717) is 47.9 Å². The lowest BCUT2D eigenvalue weighted by Gasteiger charge is -2.11. The van der Waals surface area contributed by atoms with Gasteiger partial charge in [-0.05, 0) is 65.1 Å². The summed E-state index contributed by atoms with van der Waals surface area (Å²) in [5, 5.41) is 28.9. The molecule has 6 rings (SSSR count). The van der Waals surface area contributed by atoms with Gasteiger partial charge in [0.05, 0.1) is 0 Å². The largest absolute Gasteiger partial charge is 0.478 e. The van der Waals surface area contributed by atoms with Crippen LogP contribution in [0.2, 0.25) is 20.1 Å². The van der Waals surface area contributed by atoms with Crippen molar-refractivity contribution >= 4 is 114 Å². The number of thiophene rings is 2. The molecule has 6 aromatic rings. The molecule has 0 aliphatic heterocycles. The first kappa shape index (κ1) is 42.7. The molecule has 1 unspecified atom stereocenters. The number of nitrogens with one attached hydrogen (secondary N) is 2. The lowest BCUT2D eigenvalue weighted by molar-refractivity contribution is -0.120. The van der Waals surface area contributed by atoms with Gasteiger partial charge in [-0.25, -0.2) is 14.0 Å². The van der Waals surface area contributed by atoms with Gasteiger partial charge in [0, 0.05) is 48.4 Å². The Morgan fingerprint density at radius 2 is 0.982 bits per heavy atom. The minimum Gasteiger partial charge on any atom is -0.478 e. The summed E-state index contributed by atoms with van der Waals surface area (Å²) in [5.74, 6) is -3.78. The van der Waals surface area contributed by atoms with E-state index >= 15 is 0 Å². The van der Waals surface area contributed by atoms with Crippen molar-refractivity contribution in [3.63, 3.8) is 0 Å². The smallest absolute Gasteiger partial charge is 0.339 e. The summed E-state index contributed by atoms with van der Waals surface area (Å²) < 4.78 is 14.4. The summed E-state index contributed by atoms with van der Waals surface area (Å²) in [7, 11) is 0. The van der Waals surface area contributed by atoms with Gasteiger partial charge < -0.3 is 20.8 Å². The number of carbonyl (C=O) groups excluding carboxylic acids is 2. The molecule has 16 heteroatoms. The van der Waals surface area contributed by atoms with Crippen LogP contribution in [0, 0.1) is 0 Å². The predicted octanol–water partition coefficient (Wildman–Crippen LogP) is 12.1. The van der Waals surface area contributed by atoms with Crippen LogP contribution in [-0.4, -0.2) is 45.5 Å². The summed E-state index contributed by atoms with van der Waals surface area (Å²) >= 11 is 32.2. The number of carbonyl (C=O) groups is 4. The average Bonchev–Trinajstić information content (AvgIpc) is 3.79. The van der Waals surface area contributed by atoms with Crippen LogP contribution in [0.5, 0.6) is 0 Å². The van der Waals surface area contributed by atoms with E-state index in [1.54, 1.807) is 102 Å². The van der Waals surface area contributed by atoms with E-state index in [1.165, 1.54) is 0 Å². The Balaban J connectivity index is 0.000000214. The number of hydrogen-bond donors (Lipinski definition) is 4. The second-order valence-corrected chi connectivity index (χ2v) is 15.8. The van der Waals surface area contributed by atoms with Crippen LogP contribution >= 0.6 is 80.7 Å².